The predicted octanol–water partition coefficient (Wildman–Crippen LogP) is 3.29. The zero-order chi connectivity index (χ0) is 27.7. The van der Waals surface area contributed by atoms with E-state index in [-0.39, 0.29) is 18.1 Å². The fraction of sp³-hybridized carbons (Fsp3) is 0.483. The molecule has 0 saturated carbocycles. The Balaban J connectivity index is 0.000000178. The van der Waals surface area contributed by atoms with E-state index in [9.17, 15) is 19.5 Å². The van der Waals surface area contributed by atoms with Crippen LogP contribution in [0.5, 0.6) is 11.5 Å². The largest absolute Gasteiger partial charge is 0.491 e. The number of carbonyl (C=O) groups excluding carboxylic acids is 2. The van der Waals surface area contributed by atoms with Crippen molar-refractivity contribution < 1.29 is 29.0 Å². The molecule has 2 aromatic rings. The molecule has 1 heterocycles. The van der Waals surface area contributed by atoms with E-state index < -0.39 is 23.1 Å². The molecule has 5 rings (SSSR count). The van der Waals surface area contributed by atoms with Crippen molar-refractivity contribution in [2.24, 2.45) is 5.73 Å². The van der Waals surface area contributed by atoms with Crippen molar-refractivity contribution in [2.45, 2.75) is 89.5 Å². The van der Waals surface area contributed by atoms with Gasteiger partial charge in [-0.1, -0.05) is 24.3 Å². The van der Waals surface area contributed by atoms with Gasteiger partial charge in [-0.15, -0.1) is 0 Å². The number of hydrogen-bond acceptors (Lipinski definition) is 6. The highest BCUT2D eigenvalue weighted by Gasteiger charge is 2.48. The summed E-state index contributed by atoms with van der Waals surface area (Å²) in [5.74, 6) is 0.596. The van der Waals surface area contributed by atoms with E-state index in [2.05, 4.69) is 10.6 Å². The molecule has 0 aromatic heterocycles. The maximum atomic E-state index is 12.0. The first-order chi connectivity index (χ1) is 17.9. The number of nitrogens with one attached hydrogen (secondary N) is 2. The Morgan fingerprint density at radius 1 is 0.895 bits per heavy atom. The number of carbonyl (C=O) groups is 3. The smallest absolute Gasteiger partial charge is 0.324 e. The molecule has 1 spiro atoms. The summed E-state index contributed by atoms with van der Waals surface area (Å²) in [6, 6.07) is 11.3. The van der Waals surface area contributed by atoms with E-state index in [0.29, 0.717) is 32.1 Å². The van der Waals surface area contributed by atoms with E-state index in [1.807, 2.05) is 64.1 Å². The lowest BCUT2D eigenvalue weighted by Gasteiger charge is -2.32. The van der Waals surface area contributed by atoms with Crippen LogP contribution in [0.3, 0.4) is 0 Å². The normalized spacial score (nSPS) is 23.7. The van der Waals surface area contributed by atoms with Crippen LogP contribution in [-0.4, -0.2) is 46.3 Å². The fourth-order valence-electron chi connectivity index (χ4n) is 5.39. The average molecular weight is 524 g/mol. The maximum Gasteiger partial charge on any atom is 0.324 e. The Kier molecular flexibility index (Phi) is 7.69. The molecule has 1 aliphatic heterocycles. The Bertz CT molecular complexity index is 1240. The molecule has 5 N–H and O–H groups in total. The molecule has 2 unspecified atom stereocenters. The molecule has 9 nitrogen and oxygen atoms in total. The Hall–Kier alpha value is -3.59. The molecule has 1 saturated heterocycles. The summed E-state index contributed by atoms with van der Waals surface area (Å²) >= 11 is 0. The molecule has 2 aromatic carbocycles. The van der Waals surface area contributed by atoms with E-state index in [0.717, 1.165) is 40.2 Å². The second-order valence-electron chi connectivity index (χ2n) is 10.9. The van der Waals surface area contributed by atoms with Crippen LogP contribution in [0.4, 0.5) is 4.79 Å². The zero-order valence-corrected chi connectivity index (χ0v) is 22.4. The second-order valence-corrected chi connectivity index (χ2v) is 10.9. The number of fused-ring (bicyclic) bond motifs is 2. The molecule has 0 radical (unpaired) electrons. The minimum Gasteiger partial charge on any atom is -0.491 e. The second kappa shape index (κ2) is 10.6. The zero-order valence-electron chi connectivity index (χ0n) is 22.4. The van der Waals surface area contributed by atoms with Gasteiger partial charge in [0.2, 0.25) is 0 Å². The van der Waals surface area contributed by atoms with Crippen LogP contribution in [0.1, 0.15) is 62.8 Å². The lowest BCUT2D eigenvalue weighted by atomic mass is 9.77. The standard InChI is InChI=1S/C15H18N2O3.C14H19NO3/c1-9(2)20-12-5-3-4-10-8-15(7-6-11(10)12)13(18)16-14(19)17-15;1-9(2)18-12-5-3-4-10-8-14(15,13(16)17)7-6-11(10)12/h3-5,9H,6-8H2,1-2H3,(H2,16,17,18,19);3-5,9H,6-8,15H2,1-2H3,(H,16,17). The van der Waals surface area contributed by atoms with Gasteiger partial charge in [-0.3, -0.25) is 14.9 Å². The Morgan fingerprint density at radius 3 is 1.89 bits per heavy atom. The van der Waals surface area contributed by atoms with Gasteiger partial charge in [-0.2, -0.15) is 0 Å². The van der Waals surface area contributed by atoms with Gasteiger partial charge in [0.05, 0.1) is 12.2 Å². The summed E-state index contributed by atoms with van der Waals surface area (Å²) in [6.07, 6.45) is 3.56. The van der Waals surface area contributed by atoms with Crippen molar-refractivity contribution in [3.63, 3.8) is 0 Å². The topological polar surface area (TPSA) is 140 Å². The van der Waals surface area contributed by atoms with Crippen molar-refractivity contribution in [1.29, 1.82) is 0 Å². The van der Waals surface area contributed by atoms with Gasteiger partial charge in [-0.25, -0.2) is 4.79 Å². The highest BCUT2D eigenvalue weighted by atomic mass is 16.5. The lowest BCUT2D eigenvalue weighted by Crippen LogP contribution is -2.52. The molecular weight excluding hydrogens is 486 g/mol. The third-order valence-electron chi connectivity index (χ3n) is 7.25. The van der Waals surface area contributed by atoms with Gasteiger partial charge < -0.3 is 25.6 Å². The summed E-state index contributed by atoms with van der Waals surface area (Å²) in [6.45, 7) is 7.95. The van der Waals surface area contributed by atoms with Gasteiger partial charge in [0.25, 0.3) is 5.91 Å². The molecule has 2 aliphatic carbocycles. The highest BCUT2D eigenvalue weighted by molar-refractivity contribution is 6.07. The number of nitrogens with two attached hydrogens (primary N) is 1. The van der Waals surface area contributed by atoms with Crippen molar-refractivity contribution in [2.75, 3.05) is 0 Å². The minimum absolute atomic E-state index is 0.112. The number of carboxylic acids is 1. The first-order valence-corrected chi connectivity index (χ1v) is 13.1. The van der Waals surface area contributed by atoms with Gasteiger partial charge in [-0.05, 0) is 87.8 Å². The Morgan fingerprint density at radius 2 is 1.42 bits per heavy atom. The number of carboxylic acid groups (broad SMARTS) is 1. The van der Waals surface area contributed by atoms with Gasteiger partial charge >= 0.3 is 12.0 Å². The molecule has 9 heteroatoms. The molecule has 2 atom stereocenters. The van der Waals surface area contributed by atoms with Crippen molar-refractivity contribution in [1.82, 2.24) is 10.6 Å². The average Bonchev–Trinajstić information content (AvgIpc) is 3.10. The third-order valence-corrected chi connectivity index (χ3v) is 7.25. The first-order valence-electron chi connectivity index (χ1n) is 13.1. The van der Waals surface area contributed by atoms with E-state index in [1.54, 1.807) is 0 Å². The minimum atomic E-state index is -1.14. The number of benzene rings is 2. The summed E-state index contributed by atoms with van der Waals surface area (Å²) in [7, 11) is 0. The fourth-order valence-corrected chi connectivity index (χ4v) is 5.39. The SMILES string of the molecule is CC(C)Oc1cccc2c1CCC(N)(C(=O)O)C2.CC(C)Oc1cccc2c1CCC1(C2)NC(=O)NC1=O. The van der Waals surface area contributed by atoms with Crippen LogP contribution in [0, 0.1) is 0 Å². The first kappa shape index (κ1) is 27.4. The number of ether oxygens (including phenoxy) is 2. The summed E-state index contributed by atoms with van der Waals surface area (Å²) < 4.78 is 11.6. The number of aliphatic carboxylic acids is 1. The third kappa shape index (κ3) is 5.62. The van der Waals surface area contributed by atoms with Crippen molar-refractivity contribution in [3.05, 3.63) is 58.7 Å². The summed E-state index contributed by atoms with van der Waals surface area (Å²) in [4.78, 5) is 34.6. The molecule has 38 heavy (non-hydrogen) atoms. The van der Waals surface area contributed by atoms with E-state index >= 15 is 0 Å². The number of amides is 3. The van der Waals surface area contributed by atoms with Crippen LogP contribution in [0.2, 0.25) is 0 Å². The van der Waals surface area contributed by atoms with Crippen LogP contribution < -0.4 is 25.8 Å². The number of imide groups is 1. The maximum absolute atomic E-state index is 12.0. The highest BCUT2D eigenvalue weighted by Crippen LogP contribution is 2.36. The number of urea groups is 1. The number of hydrogen-bond donors (Lipinski definition) is 4. The Labute approximate surface area is 223 Å². The quantitative estimate of drug-likeness (QED) is 0.441. The molecule has 0 bridgehead atoms. The molecule has 3 amide bonds. The monoisotopic (exact) mass is 523 g/mol. The van der Waals surface area contributed by atoms with Crippen molar-refractivity contribution >= 4 is 17.9 Å². The molecule has 204 valence electrons. The van der Waals surface area contributed by atoms with Crippen LogP contribution in [0.15, 0.2) is 36.4 Å². The van der Waals surface area contributed by atoms with Gasteiger partial charge in [0.1, 0.15) is 22.6 Å². The molecule has 1 fully saturated rings. The predicted molar refractivity (Wildman–Crippen MR) is 142 cm³/mol. The van der Waals surface area contributed by atoms with Crippen molar-refractivity contribution in [3.8, 4) is 11.5 Å². The van der Waals surface area contributed by atoms with E-state index in [4.69, 9.17) is 15.2 Å². The van der Waals surface area contributed by atoms with E-state index in [1.165, 1.54) is 0 Å². The van der Waals surface area contributed by atoms with Gasteiger partial charge in [0.15, 0.2) is 0 Å². The van der Waals surface area contributed by atoms with Crippen LogP contribution in [0.25, 0.3) is 0 Å². The van der Waals surface area contributed by atoms with Crippen LogP contribution >= 0.6 is 0 Å². The molecule has 3 aliphatic rings. The van der Waals surface area contributed by atoms with Crippen LogP contribution in [-0.2, 0) is 35.3 Å². The van der Waals surface area contributed by atoms with Gasteiger partial charge in [0, 0.05) is 12.8 Å². The molecular formula is C29H37N3O6. The lowest BCUT2D eigenvalue weighted by molar-refractivity contribution is -0.143. The number of rotatable bonds is 5. The summed E-state index contributed by atoms with van der Waals surface area (Å²) in [5.41, 5.74) is 8.34. The summed E-state index contributed by atoms with van der Waals surface area (Å²) in [5, 5.41) is 14.3.